The Morgan fingerprint density at radius 1 is 1.41 bits per heavy atom. The molecule has 1 aliphatic heterocycles. The molecule has 92 valence electrons. The van der Waals surface area contributed by atoms with Crippen molar-refractivity contribution in [3.8, 4) is 0 Å². The van der Waals surface area contributed by atoms with Crippen LogP contribution < -0.4 is 0 Å². The first-order chi connectivity index (χ1) is 8.08. The molecule has 0 unspecified atom stereocenters. The van der Waals surface area contributed by atoms with Crippen LogP contribution in [0.25, 0.3) is 0 Å². The fraction of sp³-hybridized carbons (Fsp3) is 0.500. The van der Waals surface area contributed by atoms with Gasteiger partial charge < -0.3 is 10.0 Å². The molecule has 3 heteroatoms. The normalized spacial score (nSPS) is 20.4. The average Bonchev–Trinajstić information content (AvgIpc) is 2.31. The number of likely N-dealkylation sites (tertiary alicyclic amines) is 1. The first kappa shape index (κ1) is 12.1. The number of piperidine rings is 1. The number of rotatable bonds is 1. The summed E-state index contributed by atoms with van der Waals surface area (Å²) in [5.74, 6) is 0.0463. The molecule has 1 atom stereocenters. The van der Waals surface area contributed by atoms with E-state index in [1.807, 2.05) is 32.0 Å². The second-order valence-corrected chi connectivity index (χ2v) is 4.87. The predicted molar refractivity (Wildman–Crippen MR) is 67.1 cm³/mol. The predicted octanol–water partition coefficient (Wildman–Crippen LogP) is 1.90. The molecule has 1 fully saturated rings. The van der Waals surface area contributed by atoms with Crippen molar-refractivity contribution in [2.75, 3.05) is 13.1 Å². The number of carbonyl (C=O) groups excluding carboxylic acids is 1. The van der Waals surface area contributed by atoms with Gasteiger partial charge in [0, 0.05) is 18.7 Å². The van der Waals surface area contributed by atoms with Crippen LogP contribution in [-0.2, 0) is 0 Å². The maximum atomic E-state index is 12.3. The molecule has 1 heterocycles. The van der Waals surface area contributed by atoms with Gasteiger partial charge in [0.05, 0.1) is 6.10 Å². The van der Waals surface area contributed by atoms with Crippen molar-refractivity contribution in [2.45, 2.75) is 32.8 Å². The van der Waals surface area contributed by atoms with Crippen LogP contribution in [0.1, 0.15) is 34.3 Å². The van der Waals surface area contributed by atoms with Crippen LogP contribution in [0.5, 0.6) is 0 Å². The quantitative estimate of drug-likeness (QED) is 0.804. The Kier molecular flexibility index (Phi) is 3.48. The molecule has 1 N–H and O–H groups in total. The third-order valence-corrected chi connectivity index (χ3v) is 3.31. The molecule has 1 aromatic carbocycles. The van der Waals surface area contributed by atoms with Crippen molar-refractivity contribution in [1.29, 1.82) is 0 Å². The highest BCUT2D eigenvalue weighted by Gasteiger charge is 2.23. The first-order valence-corrected chi connectivity index (χ1v) is 6.12. The van der Waals surface area contributed by atoms with Crippen LogP contribution in [0.2, 0.25) is 0 Å². The maximum absolute atomic E-state index is 12.3. The summed E-state index contributed by atoms with van der Waals surface area (Å²) < 4.78 is 0. The minimum atomic E-state index is -0.363. The largest absolute Gasteiger partial charge is 0.391 e. The molecule has 1 aromatic rings. The zero-order chi connectivity index (χ0) is 12.4. The van der Waals surface area contributed by atoms with Crippen molar-refractivity contribution in [3.63, 3.8) is 0 Å². The van der Waals surface area contributed by atoms with Crippen LogP contribution in [0.3, 0.4) is 0 Å². The summed E-state index contributed by atoms with van der Waals surface area (Å²) in [6, 6.07) is 5.92. The molecule has 1 saturated heterocycles. The van der Waals surface area contributed by atoms with Crippen molar-refractivity contribution < 1.29 is 9.90 Å². The number of aryl methyl sites for hydroxylation is 2. The number of β-amino-alcohol motifs (C(OH)–C–C–N with tert-alkyl or cyclic N) is 1. The third-order valence-electron chi connectivity index (χ3n) is 3.31. The van der Waals surface area contributed by atoms with Gasteiger partial charge in [-0.3, -0.25) is 4.79 Å². The van der Waals surface area contributed by atoms with Crippen LogP contribution in [-0.4, -0.2) is 35.1 Å². The molecule has 1 aliphatic rings. The molecular formula is C14H19NO2. The van der Waals surface area contributed by atoms with Gasteiger partial charge in [0.1, 0.15) is 0 Å². The summed E-state index contributed by atoms with van der Waals surface area (Å²) >= 11 is 0. The van der Waals surface area contributed by atoms with E-state index in [0.717, 1.165) is 36.1 Å². The van der Waals surface area contributed by atoms with E-state index in [4.69, 9.17) is 0 Å². The minimum Gasteiger partial charge on any atom is -0.391 e. The Morgan fingerprint density at radius 3 is 2.88 bits per heavy atom. The molecule has 2 rings (SSSR count). The van der Waals surface area contributed by atoms with Gasteiger partial charge in [-0.25, -0.2) is 0 Å². The van der Waals surface area contributed by atoms with Gasteiger partial charge in [-0.15, -0.1) is 0 Å². The highest BCUT2D eigenvalue weighted by Crippen LogP contribution is 2.17. The van der Waals surface area contributed by atoms with E-state index in [1.54, 1.807) is 4.90 Å². The lowest BCUT2D eigenvalue weighted by Gasteiger charge is -2.30. The van der Waals surface area contributed by atoms with Crippen molar-refractivity contribution >= 4 is 5.91 Å². The topological polar surface area (TPSA) is 40.5 Å². The molecule has 0 radical (unpaired) electrons. The summed E-state index contributed by atoms with van der Waals surface area (Å²) in [6.45, 7) is 5.16. The van der Waals surface area contributed by atoms with E-state index in [2.05, 4.69) is 0 Å². The van der Waals surface area contributed by atoms with Gasteiger partial charge in [0.15, 0.2) is 0 Å². The number of hydrogen-bond donors (Lipinski definition) is 1. The van der Waals surface area contributed by atoms with E-state index >= 15 is 0 Å². The second kappa shape index (κ2) is 4.88. The van der Waals surface area contributed by atoms with E-state index in [-0.39, 0.29) is 12.0 Å². The molecule has 0 spiro atoms. The van der Waals surface area contributed by atoms with Crippen molar-refractivity contribution in [2.24, 2.45) is 0 Å². The zero-order valence-electron chi connectivity index (χ0n) is 10.4. The van der Waals surface area contributed by atoms with Crippen LogP contribution in [0, 0.1) is 13.8 Å². The summed E-state index contributed by atoms with van der Waals surface area (Å²) in [6.07, 6.45) is 1.33. The van der Waals surface area contributed by atoms with Crippen LogP contribution in [0.4, 0.5) is 0 Å². The van der Waals surface area contributed by atoms with Crippen molar-refractivity contribution in [1.82, 2.24) is 4.90 Å². The smallest absolute Gasteiger partial charge is 0.254 e. The number of aliphatic hydroxyl groups is 1. The average molecular weight is 233 g/mol. The van der Waals surface area contributed by atoms with Gasteiger partial charge in [-0.2, -0.15) is 0 Å². The number of carbonyl (C=O) groups is 1. The third kappa shape index (κ3) is 2.67. The molecule has 0 aliphatic carbocycles. The number of nitrogens with zero attached hydrogens (tertiary/aromatic N) is 1. The number of hydrogen-bond acceptors (Lipinski definition) is 2. The Bertz CT molecular complexity index is 428. The molecule has 3 nitrogen and oxygen atoms in total. The number of benzene rings is 1. The summed E-state index contributed by atoms with van der Waals surface area (Å²) in [5.41, 5.74) is 2.86. The number of aliphatic hydroxyl groups excluding tert-OH is 1. The van der Waals surface area contributed by atoms with Gasteiger partial charge in [0.2, 0.25) is 0 Å². The monoisotopic (exact) mass is 233 g/mol. The van der Waals surface area contributed by atoms with Crippen LogP contribution >= 0.6 is 0 Å². The molecule has 17 heavy (non-hydrogen) atoms. The van der Waals surface area contributed by atoms with E-state index in [9.17, 15) is 9.90 Å². The van der Waals surface area contributed by atoms with Crippen molar-refractivity contribution in [3.05, 3.63) is 34.9 Å². The highest BCUT2D eigenvalue weighted by atomic mass is 16.3. The zero-order valence-corrected chi connectivity index (χ0v) is 10.4. The first-order valence-electron chi connectivity index (χ1n) is 6.12. The Hall–Kier alpha value is -1.35. The molecule has 0 saturated carbocycles. The van der Waals surface area contributed by atoms with Gasteiger partial charge in [-0.1, -0.05) is 17.7 Å². The van der Waals surface area contributed by atoms with Gasteiger partial charge in [0.25, 0.3) is 5.91 Å². The minimum absolute atomic E-state index is 0.0463. The van der Waals surface area contributed by atoms with Gasteiger partial charge in [-0.05, 0) is 38.3 Å². The highest BCUT2D eigenvalue weighted by molar-refractivity contribution is 5.95. The molecule has 0 aromatic heterocycles. The lowest BCUT2D eigenvalue weighted by molar-refractivity contribution is 0.0473. The van der Waals surface area contributed by atoms with E-state index in [0.29, 0.717) is 6.54 Å². The fourth-order valence-electron chi connectivity index (χ4n) is 2.28. The SMILES string of the molecule is Cc1ccc(C)c(C(=O)N2CCC[C@@H](O)C2)c1. The fourth-order valence-corrected chi connectivity index (χ4v) is 2.28. The molecular weight excluding hydrogens is 214 g/mol. The maximum Gasteiger partial charge on any atom is 0.254 e. The lowest BCUT2D eigenvalue weighted by atomic mass is 10.0. The molecule has 0 bridgehead atoms. The summed E-state index contributed by atoms with van der Waals surface area (Å²) in [4.78, 5) is 14.1. The second-order valence-electron chi connectivity index (χ2n) is 4.87. The Balaban J connectivity index is 2.21. The molecule has 1 amide bonds. The summed E-state index contributed by atoms with van der Waals surface area (Å²) in [5, 5.41) is 9.61. The standard InChI is InChI=1S/C14H19NO2/c1-10-5-6-11(2)13(8-10)14(17)15-7-3-4-12(16)9-15/h5-6,8,12,16H,3-4,7,9H2,1-2H3/t12-/m1/s1. The van der Waals surface area contributed by atoms with Gasteiger partial charge >= 0.3 is 0 Å². The lowest BCUT2D eigenvalue weighted by Crippen LogP contribution is -2.42. The van der Waals surface area contributed by atoms with E-state index in [1.165, 1.54) is 0 Å². The summed E-state index contributed by atoms with van der Waals surface area (Å²) in [7, 11) is 0. The Morgan fingerprint density at radius 2 is 2.18 bits per heavy atom. The van der Waals surface area contributed by atoms with Crippen LogP contribution in [0.15, 0.2) is 18.2 Å². The number of amides is 1. The van der Waals surface area contributed by atoms with E-state index < -0.39 is 0 Å². The Labute approximate surface area is 102 Å².